The van der Waals surface area contributed by atoms with E-state index in [1.165, 1.54) is 4.57 Å². The van der Waals surface area contributed by atoms with Gasteiger partial charge >= 0.3 is 5.69 Å². The average molecular weight is 258 g/mol. The number of aryl methyl sites for hydroxylation is 1. The third-order valence-corrected chi connectivity index (χ3v) is 2.88. The Morgan fingerprint density at radius 1 is 1.44 bits per heavy atom. The third-order valence-electron chi connectivity index (χ3n) is 2.29. The van der Waals surface area contributed by atoms with E-state index in [-0.39, 0.29) is 5.69 Å². The summed E-state index contributed by atoms with van der Waals surface area (Å²) in [6, 6.07) is 5.19. The molecule has 6 heteroatoms. The first-order valence-corrected chi connectivity index (χ1v) is 5.39. The zero-order valence-electron chi connectivity index (χ0n) is 8.50. The molecule has 2 aromatic rings. The largest absolute Gasteiger partial charge is 0.343 e. The van der Waals surface area contributed by atoms with Crippen LogP contribution in [0.5, 0.6) is 0 Å². The number of halogens is 2. The molecule has 0 radical (unpaired) electrons. The Bertz CT molecular complexity index is 574. The molecule has 1 N–H and O–H groups in total. The fraction of sp³-hybridized carbons (Fsp3) is 0.200. The van der Waals surface area contributed by atoms with Crippen molar-refractivity contribution in [1.29, 1.82) is 0 Å². The molecule has 0 atom stereocenters. The Morgan fingerprint density at radius 2 is 2.19 bits per heavy atom. The molecule has 0 spiro atoms. The minimum Gasteiger partial charge on any atom is -0.275 e. The maximum Gasteiger partial charge on any atom is 0.343 e. The molecule has 0 fully saturated rings. The van der Waals surface area contributed by atoms with Gasteiger partial charge in [-0.15, -0.1) is 0 Å². The first kappa shape index (κ1) is 11.2. The highest BCUT2D eigenvalue weighted by Crippen LogP contribution is 2.21. The Labute approximate surface area is 102 Å². The van der Waals surface area contributed by atoms with Crippen molar-refractivity contribution in [2.24, 2.45) is 0 Å². The van der Waals surface area contributed by atoms with E-state index < -0.39 is 0 Å². The number of nitrogens with zero attached hydrogens (tertiary/aromatic N) is 2. The lowest BCUT2D eigenvalue weighted by Crippen LogP contribution is -2.18. The average Bonchev–Trinajstić information content (AvgIpc) is 2.53. The van der Waals surface area contributed by atoms with Crippen LogP contribution in [0.25, 0.3) is 0 Å². The molecule has 1 heterocycles. The number of nitrogens with one attached hydrogen (secondary N) is 1. The molecular weight excluding hydrogens is 249 g/mol. The van der Waals surface area contributed by atoms with Gasteiger partial charge in [0.05, 0.1) is 6.54 Å². The van der Waals surface area contributed by atoms with Gasteiger partial charge in [0.15, 0.2) is 0 Å². The van der Waals surface area contributed by atoms with Gasteiger partial charge in [0.1, 0.15) is 5.82 Å². The fourth-order valence-electron chi connectivity index (χ4n) is 1.40. The quantitative estimate of drug-likeness (QED) is 0.897. The van der Waals surface area contributed by atoms with Gasteiger partial charge in [-0.25, -0.2) is 9.89 Å². The number of benzene rings is 1. The van der Waals surface area contributed by atoms with Crippen LogP contribution in [0.2, 0.25) is 10.0 Å². The van der Waals surface area contributed by atoms with Crippen LogP contribution in [0, 0.1) is 6.92 Å². The van der Waals surface area contributed by atoms with Crippen LogP contribution in [-0.4, -0.2) is 14.8 Å². The molecule has 0 amide bonds. The Kier molecular flexibility index (Phi) is 3.03. The second kappa shape index (κ2) is 4.31. The second-order valence-corrected chi connectivity index (χ2v) is 4.24. The lowest BCUT2D eigenvalue weighted by atomic mass is 10.2. The van der Waals surface area contributed by atoms with Gasteiger partial charge in [-0.1, -0.05) is 29.3 Å². The van der Waals surface area contributed by atoms with E-state index in [4.69, 9.17) is 23.2 Å². The van der Waals surface area contributed by atoms with Gasteiger partial charge in [-0.3, -0.25) is 4.57 Å². The normalized spacial score (nSPS) is 10.7. The number of rotatable bonds is 2. The van der Waals surface area contributed by atoms with Crippen molar-refractivity contribution in [3.05, 3.63) is 50.1 Å². The second-order valence-electron chi connectivity index (χ2n) is 3.40. The molecule has 0 saturated carbocycles. The van der Waals surface area contributed by atoms with Crippen molar-refractivity contribution in [3.63, 3.8) is 0 Å². The summed E-state index contributed by atoms with van der Waals surface area (Å²) in [4.78, 5) is 11.4. The zero-order chi connectivity index (χ0) is 11.7. The molecule has 84 valence electrons. The number of aromatic amines is 1. The molecule has 0 bridgehead atoms. The summed E-state index contributed by atoms with van der Waals surface area (Å²) in [6.45, 7) is 2.14. The van der Waals surface area contributed by atoms with E-state index >= 15 is 0 Å². The Hall–Kier alpha value is -1.26. The van der Waals surface area contributed by atoms with Gasteiger partial charge < -0.3 is 0 Å². The first-order valence-electron chi connectivity index (χ1n) is 4.63. The highest BCUT2D eigenvalue weighted by atomic mass is 35.5. The summed E-state index contributed by atoms with van der Waals surface area (Å²) in [7, 11) is 0. The van der Waals surface area contributed by atoms with Gasteiger partial charge in [-0.2, -0.15) is 5.10 Å². The molecule has 0 saturated heterocycles. The molecule has 0 aliphatic heterocycles. The summed E-state index contributed by atoms with van der Waals surface area (Å²) in [5.41, 5.74) is 0.584. The zero-order valence-corrected chi connectivity index (χ0v) is 10.0. The Morgan fingerprint density at radius 3 is 2.75 bits per heavy atom. The molecule has 4 nitrogen and oxygen atoms in total. The van der Waals surface area contributed by atoms with Crippen LogP contribution >= 0.6 is 23.2 Å². The monoisotopic (exact) mass is 257 g/mol. The van der Waals surface area contributed by atoms with E-state index in [9.17, 15) is 4.79 Å². The van der Waals surface area contributed by atoms with Crippen molar-refractivity contribution < 1.29 is 0 Å². The third kappa shape index (κ3) is 2.13. The number of aromatic nitrogens is 3. The van der Waals surface area contributed by atoms with Crippen molar-refractivity contribution in [2.75, 3.05) is 0 Å². The van der Waals surface area contributed by atoms with Crippen LogP contribution in [0.15, 0.2) is 23.0 Å². The van der Waals surface area contributed by atoms with Gasteiger partial charge in [0.25, 0.3) is 0 Å². The van der Waals surface area contributed by atoms with Crippen LogP contribution in [0.1, 0.15) is 11.4 Å². The van der Waals surface area contributed by atoms with Crippen LogP contribution in [0.3, 0.4) is 0 Å². The highest BCUT2D eigenvalue weighted by Gasteiger charge is 2.07. The molecule has 16 heavy (non-hydrogen) atoms. The summed E-state index contributed by atoms with van der Waals surface area (Å²) in [5.74, 6) is 0.621. The van der Waals surface area contributed by atoms with Crippen LogP contribution in [0.4, 0.5) is 0 Å². The van der Waals surface area contributed by atoms with E-state index in [1.54, 1.807) is 25.1 Å². The van der Waals surface area contributed by atoms with Crippen molar-refractivity contribution in [1.82, 2.24) is 14.8 Å². The van der Waals surface area contributed by atoms with Gasteiger partial charge in [-0.05, 0) is 24.6 Å². The SMILES string of the molecule is Cc1n[nH]c(=O)n1Cc1ccc(Cl)cc1Cl. The fourth-order valence-corrected chi connectivity index (χ4v) is 1.87. The predicted octanol–water partition coefficient (Wildman–Crippen LogP) is 2.23. The molecule has 0 aliphatic rings. The first-order chi connectivity index (χ1) is 7.58. The van der Waals surface area contributed by atoms with Crippen LogP contribution < -0.4 is 5.69 Å². The molecule has 0 aliphatic carbocycles. The molecule has 1 aromatic carbocycles. The summed E-state index contributed by atoms with van der Waals surface area (Å²) in [6.07, 6.45) is 0. The lowest BCUT2D eigenvalue weighted by molar-refractivity contribution is 0.734. The smallest absolute Gasteiger partial charge is 0.275 e. The predicted molar refractivity (Wildman–Crippen MR) is 63.1 cm³/mol. The summed E-state index contributed by atoms with van der Waals surface area (Å²) >= 11 is 11.8. The molecule has 1 aromatic heterocycles. The molecule has 2 rings (SSSR count). The number of hydrogen-bond donors (Lipinski definition) is 1. The minimum atomic E-state index is -0.247. The summed E-state index contributed by atoms with van der Waals surface area (Å²) in [5, 5.41) is 7.31. The molecular formula is C10H9Cl2N3O. The topological polar surface area (TPSA) is 50.7 Å². The highest BCUT2D eigenvalue weighted by molar-refractivity contribution is 6.35. The van der Waals surface area contributed by atoms with Crippen molar-refractivity contribution in [2.45, 2.75) is 13.5 Å². The van der Waals surface area contributed by atoms with Gasteiger partial charge in [0, 0.05) is 10.0 Å². The molecule has 0 unspecified atom stereocenters. The van der Waals surface area contributed by atoms with E-state index in [2.05, 4.69) is 10.2 Å². The van der Waals surface area contributed by atoms with Crippen molar-refractivity contribution >= 4 is 23.2 Å². The lowest BCUT2D eigenvalue weighted by Gasteiger charge is -2.05. The Balaban J connectivity index is 2.38. The van der Waals surface area contributed by atoms with Crippen LogP contribution in [-0.2, 0) is 6.54 Å². The van der Waals surface area contributed by atoms with E-state index in [1.807, 2.05) is 0 Å². The van der Waals surface area contributed by atoms with Crippen molar-refractivity contribution in [3.8, 4) is 0 Å². The standard InChI is InChI=1S/C10H9Cl2N3O/c1-6-13-14-10(16)15(6)5-7-2-3-8(11)4-9(7)12/h2-4H,5H2,1H3,(H,14,16). The van der Waals surface area contributed by atoms with E-state index in [0.717, 1.165) is 5.56 Å². The van der Waals surface area contributed by atoms with Gasteiger partial charge in [0.2, 0.25) is 0 Å². The maximum atomic E-state index is 11.4. The minimum absolute atomic E-state index is 0.247. The number of H-pyrrole nitrogens is 1. The van der Waals surface area contributed by atoms with E-state index in [0.29, 0.717) is 22.4 Å². The number of hydrogen-bond acceptors (Lipinski definition) is 2. The maximum absolute atomic E-state index is 11.4. The summed E-state index contributed by atoms with van der Waals surface area (Å²) < 4.78 is 1.51.